The number of nitrogens with one attached hydrogen (secondary N) is 1. The number of piperazine rings is 1. The van der Waals surface area contributed by atoms with Crippen LogP contribution in [0.2, 0.25) is 0 Å². The Balaban J connectivity index is 1.57. The maximum absolute atomic E-state index is 13.0. The minimum atomic E-state index is -0.349. The van der Waals surface area contributed by atoms with Crippen LogP contribution in [-0.4, -0.2) is 79.9 Å². The zero-order valence-corrected chi connectivity index (χ0v) is 18.3. The molecule has 30 heavy (non-hydrogen) atoms. The van der Waals surface area contributed by atoms with Crippen LogP contribution < -0.4 is 15.0 Å². The predicted octanol–water partition coefficient (Wildman–Crippen LogP) is 1.03. The number of hydrogen-bond acceptors (Lipinski definition) is 5. The van der Waals surface area contributed by atoms with Gasteiger partial charge in [0.15, 0.2) is 0 Å². The van der Waals surface area contributed by atoms with Crippen molar-refractivity contribution < 1.29 is 19.1 Å². The molecule has 1 N–H and O–H groups in total. The van der Waals surface area contributed by atoms with Crippen LogP contribution in [-0.2, 0) is 14.4 Å². The summed E-state index contributed by atoms with van der Waals surface area (Å²) < 4.78 is 5.41. The summed E-state index contributed by atoms with van der Waals surface area (Å²) in [5, 5.41) is 2.89. The highest BCUT2D eigenvalue weighted by molar-refractivity contribution is 6.01. The first-order valence-electron chi connectivity index (χ1n) is 10.5. The lowest BCUT2D eigenvalue weighted by atomic mass is 10.1. The molecular weight excluding hydrogens is 384 g/mol. The van der Waals surface area contributed by atoms with Gasteiger partial charge in [0.05, 0.1) is 25.3 Å². The van der Waals surface area contributed by atoms with E-state index in [-0.39, 0.29) is 36.1 Å². The smallest absolute Gasteiger partial charge is 0.234 e. The number of aryl methyl sites for hydroxylation is 1. The summed E-state index contributed by atoms with van der Waals surface area (Å²) in [7, 11) is 1.58. The molecule has 164 valence electrons. The average molecular weight is 417 g/mol. The van der Waals surface area contributed by atoms with Crippen molar-refractivity contribution in [1.29, 1.82) is 0 Å². The molecule has 0 aromatic heterocycles. The highest BCUT2D eigenvalue weighted by Crippen LogP contribution is 2.34. The number of methoxy groups -OCH3 is 1. The molecular formula is C22H32N4O4. The van der Waals surface area contributed by atoms with E-state index in [0.29, 0.717) is 45.0 Å². The molecule has 0 spiro atoms. The lowest BCUT2D eigenvalue weighted by molar-refractivity contribution is -0.137. The van der Waals surface area contributed by atoms with E-state index >= 15 is 0 Å². The summed E-state index contributed by atoms with van der Waals surface area (Å²) in [5.41, 5.74) is 1.75. The van der Waals surface area contributed by atoms with Gasteiger partial charge in [-0.2, -0.15) is 0 Å². The van der Waals surface area contributed by atoms with Crippen LogP contribution >= 0.6 is 0 Å². The van der Waals surface area contributed by atoms with Crippen molar-refractivity contribution in [2.75, 3.05) is 51.3 Å². The lowest BCUT2D eigenvalue weighted by Gasteiger charge is -2.35. The number of hydrogen-bond donors (Lipinski definition) is 1. The summed E-state index contributed by atoms with van der Waals surface area (Å²) in [6, 6.07) is 5.83. The molecule has 2 heterocycles. The molecule has 0 aliphatic carbocycles. The monoisotopic (exact) mass is 416 g/mol. The van der Waals surface area contributed by atoms with Crippen LogP contribution in [0.25, 0.3) is 0 Å². The van der Waals surface area contributed by atoms with Crippen molar-refractivity contribution in [3.05, 3.63) is 23.8 Å². The van der Waals surface area contributed by atoms with Gasteiger partial charge in [0.25, 0.3) is 0 Å². The molecule has 3 amide bonds. The van der Waals surface area contributed by atoms with Gasteiger partial charge in [0.2, 0.25) is 17.7 Å². The van der Waals surface area contributed by atoms with E-state index in [9.17, 15) is 14.4 Å². The fourth-order valence-electron chi connectivity index (χ4n) is 4.07. The Labute approximate surface area is 178 Å². The van der Waals surface area contributed by atoms with Crippen molar-refractivity contribution in [2.24, 2.45) is 5.92 Å². The molecule has 2 aliphatic rings. The van der Waals surface area contributed by atoms with Gasteiger partial charge in [-0.05, 0) is 38.5 Å². The van der Waals surface area contributed by atoms with Crippen molar-refractivity contribution >= 4 is 23.4 Å². The summed E-state index contributed by atoms with van der Waals surface area (Å²) in [4.78, 5) is 43.2. The molecule has 2 aliphatic heterocycles. The minimum absolute atomic E-state index is 0.00825. The van der Waals surface area contributed by atoms with Crippen LogP contribution in [0.5, 0.6) is 5.75 Å². The molecule has 1 unspecified atom stereocenters. The number of ether oxygens (including phenoxy) is 1. The number of benzene rings is 1. The summed E-state index contributed by atoms with van der Waals surface area (Å²) in [6.45, 7) is 9.03. The highest BCUT2D eigenvalue weighted by atomic mass is 16.5. The maximum Gasteiger partial charge on any atom is 0.234 e. The number of carbonyl (C=O) groups is 3. The second-order valence-corrected chi connectivity index (χ2v) is 8.40. The van der Waals surface area contributed by atoms with Gasteiger partial charge < -0.3 is 19.9 Å². The quantitative estimate of drug-likeness (QED) is 0.749. The molecule has 8 heteroatoms. The summed E-state index contributed by atoms with van der Waals surface area (Å²) in [5.74, 6) is 0.257. The Bertz CT molecular complexity index is 802. The van der Waals surface area contributed by atoms with Gasteiger partial charge in [-0.1, -0.05) is 6.07 Å². The molecule has 0 radical (unpaired) electrons. The number of nitrogens with zero attached hydrogens (tertiary/aromatic N) is 3. The molecule has 8 nitrogen and oxygen atoms in total. The van der Waals surface area contributed by atoms with E-state index in [2.05, 4.69) is 10.2 Å². The van der Waals surface area contributed by atoms with E-state index in [1.807, 2.05) is 43.9 Å². The van der Waals surface area contributed by atoms with Gasteiger partial charge in [-0.25, -0.2) is 0 Å². The van der Waals surface area contributed by atoms with Crippen molar-refractivity contribution in [3.63, 3.8) is 0 Å². The van der Waals surface area contributed by atoms with Crippen LogP contribution in [0.15, 0.2) is 18.2 Å². The number of amides is 3. The molecule has 1 aromatic carbocycles. The number of rotatable bonds is 6. The van der Waals surface area contributed by atoms with Crippen LogP contribution in [0.3, 0.4) is 0 Å². The van der Waals surface area contributed by atoms with E-state index in [0.717, 1.165) is 11.3 Å². The second kappa shape index (κ2) is 9.47. The molecule has 3 rings (SSSR count). The predicted molar refractivity (Wildman–Crippen MR) is 114 cm³/mol. The zero-order valence-electron chi connectivity index (χ0n) is 18.3. The third-order valence-corrected chi connectivity index (χ3v) is 5.60. The van der Waals surface area contributed by atoms with Crippen LogP contribution in [0.1, 0.15) is 25.8 Å². The summed E-state index contributed by atoms with van der Waals surface area (Å²) in [6.07, 6.45) is 0.215. The second-order valence-electron chi connectivity index (χ2n) is 8.40. The topological polar surface area (TPSA) is 82.2 Å². The normalized spacial score (nSPS) is 20.0. The number of anilines is 1. The Morgan fingerprint density at radius 3 is 2.53 bits per heavy atom. The van der Waals surface area contributed by atoms with E-state index in [4.69, 9.17) is 4.74 Å². The standard InChI is InChI=1S/C22H32N4O4/c1-15(2)23-20(27)14-24-7-9-25(10-8-24)22(29)17-12-21(28)26(13-17)18-11-16(3)5-6-19(18)30-4/h5-6,11,15,17H,7-10,12-14H2,1-4H3,(H,23,27). The van der Waals surface area contributed by atoms with E-state index in [1.165, 1.54) is 0 Å². The Kier molecular flexibility index (Phi) is 6.97. The first-order chi connectivity index (χ1) is 14.3. The Hall–Kier alpha value is -2.61. The molecule has 1 aromatic rings. The molecule has 0 saturated carbocycles. The fourth-order valence-corrected chi connectivity index (χ4v) is 4.07. The maximum atomic E-state index is 13.0. The number of carbonyl (C=O) groups excluding carboxylic acids is 3. The third kappa shape index (κ3) is 5.11. The van der Waals surface area contributed by atoms with E-state index in [1.54, 1.807) is 12.0 Å². The fraction of sp³-hybridized carbons (Fsp3) is 0.591. The van der Waals surface area contributed by atoms with Crippen molar-refractivity contribution in [1.82, 2.24) is 15.1 Å². The van der Waals surface area contributed by atoms with Gasteiger partial charge in [-0.15, -0.1) is 0 Å². The highest BCUT2D eigenvalue weighted by Gasteiger charge is 2.38. The van der Waals surface area contributed by atoms with Gasteiger partial charge >= 0.3 is 0 Å². The molecule has 0 bridgehead atoms. The average Bonchev–Trinajstić information content (AvgIpc) is 3.08. The van der Waals surface area contributed by atoms with Crippen molar-refractivity contribution in [3.8, 4) is 5.75 Å². The van der Waals surface area contributed by atoms with Gasteiger partial charge in [0.1, 0.15) is 5.75 Å². The lowest BCUT2D eigenvalue weighted by Crippen LogP contribution is -2.52. The minimum Gasteiger partial charge on any atom is -0.495 e. The van der Waals surface area contributed by atoms with Crippen LogP contribution in [0, 0.1) is 12.8 Å². The SMILES string of the molecule is COc1ccc(C)cc1N1CC(C(=O)N2CCN(CC(=O)NC(C)C)CC2)CC1=O. The first kappa shape index (κ1) is 22.1. The molecule has 2 saturated heterocycles. The van der Waals surface area contributed by atoms with E-state index < -0.39 is 0 Å². The zero-order chi connectivity index (χ0) is 21.8. The third-order valence-electron chi connectivity index (χ3n) is 5.60. The largest absolute Gasteiger partial charge is 0.495 e. The van der Waals surface area contributed by atoms with Gasteiger partial charge in [-0.3, -0.25) is 19.3 Å². The Morgan fingerprint density at radius 2 is 1.90 bits per heavy atom. The summed E-state index contributed by atoms with van der Waals surface area (Å²) >= 11 is 0. The molecule has 2 fully saturated rings. The first-order valence-corrected chi connectivity index (χ1v) is 10.5. The molecule has 1 atom stereocenters. The van der Waals surface area contributed by atoms with Crippen molar-refractivity contribution in [2.45, 2.75) is 33.2 Å². The van der Waals surface area contributed by atoms with Gasteiger partial charge in [0, 0.05) is 45.2 Å². The Morgan fingerprint density at radius 1 is 1.20 bits per heavy atom. The van der Waals surface area contributed by atoms with Crippen LogP contribution in [0.4, 0.5) is 5.69 Å².